The topological polar surface area (TPSA) is 3.24 Å². The first-order valence-electron chi connectivity index (χ1n) is 15.3. The lowest BCUT2D eigenvalue weighted by atomic mass is 9.88. The van der Waals surface area contributed by atoms with Crippen LogP contribution in [0.15, 0.2) is 183 Å². The Hall–Kier alpha value is -5.92. The van der Waals surface area contributed by atoms with Crippen LogP contribution in [0.5, 0.6) is 0 Å². The lowest BCUT2D eigenvalue weighted by Gasteiger charge is -2.30. The van der Waals surface area contributed by atoms with Crippen LogP contribution in [0.2, 0.25) is 0 Å². The molecule has 0 spiro atoms. The lowest BCUT2D eigenvalue weighted by Crippen LogP contribution is -2.16. The van der Waals surface area contributed by atoms with Crippen LogP contribution in [-0.4, -0.2) is 0 Å². The molecule has 0 radical (unpaired) electrons. The Balaban J connectivity index is 1.43. The van der Waals surface area contributed by atoms with Crippen LogP contribution in [0, 0.1) is 0 Å². The molecule has 0 N–H and O–H groups in total. The van der Waals surface area contributed by atoms with Gasteiger partial charge in [-0.3, -0.25) is 0 Å². The van der Waals surface area contributed by atoms with Crippen LogP contribution < -0.4 is 4.90 Å². The van der Waals surface area contributed by atoms with Crippen LogP contribution >= 0.6 is 0 Å². The zero-order chi connectivity index (χ0) is 30.3. The van der Waals surface area contributed by atoms with E-state index in [1.165, 1.54) is 65.0 Å². The van der Waals surface area contributed by atoms with Crippen molar-refractivity contribution in [3.05, 3.63) is 183 Å². The monoisotopic (exact) mass is 573 g/mol. The molecule has 0 aliphatic rings. The lowest BCUT2D eigenvalue weighted by molar-refractivity contribution is 1.23. The molecule has 0 aromatic heterocycles. The summed E-state index contributed by atoms with van der Waals surface area (Å²) in [4.78, 5) is 2.31. The van der Waals surface area contributed by atoms with Crippen LogP contribution in [-0.2, 0) is 0 Å². The number of para-hydroxylation sites is 1. The highest BCUT2D eigenvalue weighted by Gasteiger charge is 2.22. The first kappa shape index (κ1) is 26.7. The van der Waals surface area contributed by atoms with Crippen molar-refractivity contribution in [3.63, 3.8) is 0 Å². The van der Waals surface area contributed by atoms with Crippen molar-refractivity contribution >= 4 is 65.2 Å². The van der Waals surface area contributed by atoms with E-state index >= 15 is 0 Å². The predicted octanol–water partition coefficient (Wildman–Crippen LogP) is 12.5. The van der Waals surface area contributed by atoms with Crippen molar-refractivity contribution in [2.45, 2.75) is 0 Å². The Morgan fingerprint density at radius 1 is 0.467 bits per heavy atom. The van der Waals surface area contributed by atoms with Crippen molar-refractivity contribution < 1.29 is 0 Å². The minimum atomic E-state index is 0.962. The highest BCUT2D eigenvalue weighted by molar-refractivity contribution is 6.23. The molecule has 1 heteroatoms. The molecule has 0 unspecified atom stereocenters. The first-order chi connectivity index (χ1) is 22.2. The molecule has 8 rings (SSSR count). The summed E-state index contributed by atoms with van der Waals surface area (Å²) in [5, 5.41) is 12.4. The fourth-order valence-corrected chi connectivity index (χ4v) is 6.91. The van der Waals surface area contributed by atoms with E-state index in [2.05, 4.69) is 164 Å². The quantitative estimate of drug-likeness (QED) is 0.109. The molecule has 0 atom stereocenters. The number of hydrogen-bond acceptors (Lipinski definition) is 1. The van der Waals surface area contributed by atoms with Crippen molar-refractivity contribution in [1.82, 2.24) is 0 Å². The summed E-state index contributed by atoms with van der Waals surface area (Å²) in [5.41, 5.74) is 5.61. The van der Waals surface area contributed by atoms with E-state index in [1.54, 1.807) is 0 Å². The molecule has 1 nitrogen and oxygen atoms in total. The van der Waals surface area contributed by atoms with E-state index in [-0.39, 0.29) is 0 Å². The Morgan fingerprint density at radius 2 is 1.04 bits per heavy atom. The number of nitrogens with zero attached hydrogens (tertiary/aromatic N) is 1. The van der Waals surface area contributed by atoms with E-state index in [4.69, 9.17) is 0 Å². The largest absolute Gasteiger partial charge is 0.309 e. The smallest absolute Gasteiger partial charge is 0.0618 e. The van der Waals surface area contributed by atoms with Crippen LogP contribution in [0.1, 0.15) is 0 Å². The summed E-state index contributed by atoms with van der Waals surface area (Å²) in [5.74, 6) is 0. The maximum atomic E-state index is 4.19. The SMILES string of the molecule is C=C/C=C(\C=C)N(c1ccccc1)c1c2ccccc2c(-c2ccc3c(ccc4cc5ccccc5cc43)c2)c2ccccc12. The molecule has 45 heavy (non-hydrogen) atoms. The highest BCUT2D eigenvalue weighted by atomic mass is 15.1. The van der Waals surface area contributed by atoms with Crippen molar-refractivity contribution in [3.8, 4) is 11.1 Å². The molecular weight excluding hydrogens is 542 g/mol. The second kappa shape index (κ2) is 11.0. The standard InChI is InChI=1S/C44H31N/c1-3-14-35(4-2)45(36-17-6-5-7-18-36)44-40-21-12-10-19-38(40)43(39-20-11-13-22-41(39)44)34-25-26-37-32(28-34)23-24-33-27-30-15-8-9-16-31(30)29-42(33)37/h3-29H,1-2H2/b35-14+. The third kappa shape index (κ3) is 4.41. The number of rotatable bonds is 6. The van der Waals surface area contributed by atoms with Gasteiger partial charge in [-0.1, -0.05) is 134 Å². The van der Waals surface area contributed by atoms with E-state index < -0.39 is 0 Å². The van der Waals surface area contributed by atoms with Crippen molar-refractivity contribution in [2.75, 3.05) is 4.90 Å². The van der Waals surface area contributed by atoms with Gasteiger partial charge >= 0.3 is 0 Å². The van der Waals surface area contributed by atoms with Gasteiger partial charge in [0.15, 0.2) is 0 Å². The number of fused-ring (bicyclic) bond motifs is 6. The minimum absolute atomic E-state index is 0.962. The third-order valence-corrected chi connectivity index (χ3v) is 8.89. The zero-order valence-corrected chi connectivity index (χ0v) is 24.9. The molecule has 0 bridgehead atoms. The Kier molecular flexibility index (Phi) is 6.51. The Labute approximate surface area is 263 Å². The molecule has 0 aliphatic carbocycles. The maximum Gasteiger partial charge on any atom is 0.0618 e. The number of hydrogen-bond donors (Lipinski definition) is 0. The van der Waals surface area contributed by atoms with Gasteiger partial charge in [-0.15, -0.1) is 0 Å². The van der Waals surface area contributed by atoms with Gasteiger partial charge in [-0.25, -0.2) is 0 Å². The molecule has 0 saturated heterocycles. The molecule has 0 aliphatic heterocycles. The molecule has 8 aromatic carbocycles. The Morgan fingerprint density at radius 3 is 1.69 bits per heavy atom. The summed E-state index contributed by atoms with van der Waals surface area (Å²) in [7, 11) is 0. The van der Waals surface area contributed by atoms with E-state index in [0.717, 1.165) is 17.1 Å². The van der Waals surface area contributed by atoms with Gasteiger partial charge in [0.05, 0.1) is 5.69 Å². The minimum Gasteiger partial charge on any atom is -0.309 e. The van der Waals surface area contributed by atoms with Gasteiger partial charge < -0.3 is 4.90 Å². The number of benzene rings is 8. The number of allylic oxidation sites excluding steroid dienone is 3. The van der Waals surface area contributed by atoms with Crippen LogP contribution in [0.4, 0.5) is 11.4 Å². The average molecular weight is 574 g/mol. The average Bonchev–Trinajstić information content (AvgIpc) is 3.10. The van der Waals surface area contributed by atoms with Crippen LogP contribution in [0.25, 0.3) is 65.0 Å². The van der Waals surface area contributed by atoms with E-state index in [1.807, 2.05) is 18.2 Å². The van der Waals surface area contributed by atoms with Crippen LogP contribution in [0.3, 0.4) is 0 Å². The normalized spacial score (nSPS) is 11.9. The molecule has 8 aromatic rings. The summed E-state index contributed by atoms with van der Waals surface area (Å²) >= 11 is 0. The van der Waals surface area contributed by atoms with Gasteiger partial charge in [-0.2, -0.15) is 0 Å². The van der Waals surface area contributed by atoms with Gasteiger partial charge in [-0.05, 0) is 96.7 Å². The molecule has 0 saturated carbocycles. The van der Waals surface area contributed by atoms with Gasteiger partial charge in [0.1, 0.15) is 0 Å². The van der Waals surface area contributed by atoms with Crippen molar-refractivity contribution in [1.29, 1.82) is 0 Å². The van der Waals surface area contributed by atoms with E-state index in [0.29, 0.717) is 0 Å². The maximum absolute atomic E-state index is 4.19. The van der Waals surface area contributed by atoms with Crippen molar-refractivity contribution in [2.24, 2.45) is 0 Å². The number of anilines is 2. The van der Waals surface area contributed by atoms with E-state index in [9.17, 15) is 0 Å². The highest BCUT2D eigenvalue weighted by Crippen LogP contribution is 2.47. The molecule has 0 heterocycles. The summed E-state index contributed by atoms with van der Waals surface area (Å²) in [6, 6.07) is 52.8. The van der Waals surface area contributed by atoms with Gasteiger partial charge in [0.25, 0.3) is 0 Å². The molecule has 0 fully saturated rings. The molecule has 212 valence electrons. The predicted molar refractivity (Wildman–Crippen MR) is 196 cm³/mol. The molecule has 0 amide bonds. The Bertz CT molecular complexity index is 2410. The van der Waals surface area contributed by atoms with Gasteiger partial charge in [0, 0.05) is 22.2 Å². The second-order valence-electron chi connectivity index (χ2n) is 11.4. The first-order valence-corrected chi connectivity index (χ1v) is 15.3. The second-order valence-corrected chi connectivity index (χ2v) is 11.4. The fraction of sp³-hybridized carbons (Fsp3) is 0. The summed E-state index contributed by atoms with van der Waals surface area (Å²) in [6.45, 7) is 8.19. The summed E-state index contributed by atoms with van der Waals surface area (Å²) in [6.07, 6.45) is 5.75. The third-order valence-electron chi connectivity index (χ3n) is 8.89. The van der Waals surface area contributed by atoms with Gasteiger partial charge in [0.2, 0.25) is 0 Å². The zero-order valence-electron chi connectivity index (χ0n) is 24.9. The molecular formula is C44H31N. The summed E-state index contributed by atoms with van der Waals surface area (Å²) < 4.78 is 0. The fourth-order valence-electron chi connectivity index (χ4n) is 6.91.